The van der Waals surface area contributed by atoms with Crippen LogP contribution in [0.1, 0.15) is 66.5 Å². The molecule has 9 nitrogen and oxygen atoms in total. The Labute approximate surface area is 242 Å². The lowest BCUT2D eigenvalue weighted by molar-refractivity contribution is -0.0367. The van der Waals surface area contributed by atoms with Crippen molar-refractivity contribution in [1.82, 2.24) is 19.5 Å². The molecule has 2 aliphatic heterocycles. The molecule has 0 aromatic carbocycles. The molecular formula is C26H42N5O4PS2Si. The van der Waals surface area contributed by atoms with E-state index in [2.05, 4.69) is 69.2 Å². The van der Waals surface area contributed by atoms with Crippen molar-refractivity contribution in [2.45, 2.75) is 108 Å². The Hall–Kier alpha value is -0.853. The second kappa shape index (κ2) is 10.5. The molecule has 1 saturated carbocycles. The molecule has 0 amide bonds. The predicted molar refractivity (Wildman–Crippen MR) is 164 cm³/mol. The van der Waals surface area contributed by atoms with Crippen LogP contribution in [-0.4, -0.2) is 57.5 Å². The summed E-state index contributed by atoms with van der Waals surface area (Å²) in [4.78, 5) is 12.9. The molecule has 13 heteroatoms. The van der Waals surface area contributed by atoms with E-state index in [9.17, 15) is 0 Å². The summed E-state index contributed by atoms with van der Waals surface area (Å²) in [5.41, 5.74) is 5.93. The molecule has 0 bridgehead atoms. The van der Waals surface area contributed by atoms with Crippen molar-refractivity contribution in [1.29, 1.82) is 0 Å². The van der Waals surface area contributed by atoms with E-state index in [1.165, 1.54) is 11.9 Å². The largest absolute Gasteiger partial charge is 0.411 e. The van der Waals surface area contributed by atoms with Crippen molar-refractivity contribution in [2.75, 3.05) is 12.3 Å². The van der Waals surface area contributed by atoms with Crippen molar-refractivity contribution in [3.05, 3.63) is 24.8 Å². The highest BCUT2D eigenvalue weighted by molar-refractivity contribution is 8.68. The molecule has 2 saturated heterocycles. The predicted octanol–water partition coefficient (Wildman–Crippen LogP) is 6.59. The van der Waals surface area contributed by atoms with Gasteiger partial charge in [0.15, 0.2) is 19.8 Å². The van der Waals surface area contributed by atoms with E-state index in [1.807, 2.05) is 4.57 Å². The van der Waals surface area contributed by atoms with Crippen LogP contribution in [0.4, 0.5) is 5.82 Å². The van der Waals surface area contributed by atoms with Crippen molar-refractivity contribution < 1.29 is 18.2 Å². The lowest BCUT2D eigenvalue weighted by Crippen LogP contribution is -2.46. The van der Waals surface area contributed by atoms with E-state index < -0.39 is 14.0 Å². The van der Waals surface area contributed by atoms with Crippen molar-refractivity contribution in [2.24, 2.45) is 5.92 Å². The number of nitrogens with two attached hydrogens (primary N) is 1. The van der Waals surface area contributed by atoms with Gasteiger partial charge in [-0.25, -0.2) is 15.0 Å². The molecule has 7 atom stereocenters. The summed E-state index contributed by atoms with van der Waals surface area (Å²) in [7, 11) is -2.09. The number of anilines is 1. The molecule has 2 N–H and O–H groups in total. The summed E-state index contributed by atoms with van der Waals surface area (Å²) in [6.07, 6.45) is 6.25. The summed E-state index contributed by atoms with van der Waals surface area (Å²) < 4.78 is 28.5. The van der Waals surface area contributed by atoms with Gasteiger partial charge in [-0.2, -0.15) is 0 Å². The Bertz CT molecular complexity index is 1300. The van der Waals surface area contributed by atoms with Crippen LogP contribution in [0, 0.1) is 5.92 Å². The molecule has 216 valence electrons. The molecule has 3 aliphatic rings. The number of ether oxygens (including phenoxy) is 1. The number of fused-ring (bicyclic) bond motifs is 2. The smallest absolute Gasteiger partial charge is 0.248 e. The van der Waals surface area contributed by atoms with Gasteiger partial charge in [-0.3, -0.25) is 4.57 Å². The highest BCUT2D eigenvalue weighted by Crippen LogP contribution is 2.75. The fraction of sp³-hybridized carbons (Fsp3) is 0.731. The van der Waals surface area contributed by atoms with Crippen molar-refractivity contribution in [3.63, 3.8) is 0 Å². The highest BCUT2D eigenvalue weighted by Gasteiger charge is 2.54. The van der Waals surface area contributed by atoms with E-state index in [1.54, 1.807) is 17.7 Å². The average molecular weight is 612 g/mol. The number of rotatable bonds is 7. The van der Waals surface area contributed by atoms with Crippen LogP contribution < -0.4 is 5.73 Å². The first-order chi connectivity index (χ1) is 18.1. The SMILES string of the molecule is C=C(C)[C@H]1CC[C@@]2(C)S[P@](=S)(OC[C@H]3O[C@@H](n4cnc5c(N)ncnc54)CC3O[Si](C)(C)C(C)(C)C)O[C@@H]2C1. The van der Waals surface area contributed by atoms with Gasteiger partial charge in [-0.15, -0.1) is 0 Å². The van der Waals surface area contributed by atoms with E-state index in [0.717, 1.165) is 19.3 Å². The number of aromatic nitrogens is 4. The number of imidazole rings is 1. The maximum absolute atomic E-state index is 6.91. The molecule has 4 heterocycles. The van der Waals surface area contributed by atoms with Crippen LogP contribution in [-0.2, 0) is 30.0 Å². The Morgan fingerprint density at radius 3 is 2.77 bits per heavy atom. The monoisotopic (exact) mass is 611 g/mol. The number of hydrogen-bond donors (Lipinski definition) is 1. The lowest BCUT2D eigenvalue weighted by atomic mass is 9.77. The second-order valence-electron chi connectivity index (χ2n) is 12.9. The molecule has 1 unspecified atom stereocenters. The highest BCUT2D eigenvalue weighted by atomic mass is 32.9. The van der Waals surface area contributed by atoms with Crippen LogP contribution in [0.3, 0.4) is 0 Å². The van der Waals surface area contributed by atoms with Gasteiger partial charge in [0.25, 0.3) is 0 Å². The maximum atomic E-state index is 6.91. The minimum atomic E-state index is -2.55. The van der Waals surface area contributed by atoms with Gasteiger partial charge < -0.3 is 23.9 Å². The first kappa shape index (κ1) is 29.6. The maximum Gasteiger partial charge on any atom is 0.248 e. The third-order valence-electron chi connectivity index (χ3n) is 8.97. The van der Waals surface area contributed by atoms with Crippen LogP contribution in [0.25, 0.3) is 11.2 Å². The van der Waals surface area contributed by atoms with Crippen molar-refractivity contribution in [3.8, 4) is 0 Å². The Kier molecular flexibility index (Phi) is 7.94. The zero-order valence-electron chi connectivity index (χ0n) is 24.0. The first-order valence-electron chi connectivity index (χ1n) is 13.7. The molecule has 2 aromatic rings. The molecule has 39 heavy (non-hydrogen) atoms. The van der Waals surface area contributed by atoms with Crippen LogP contribution in [0.5, 0.6) is 0 Å². The third-order valence-corrected chi connectivity index (χ3v) is 19.3. The van der Waals surface area contributed by atoms with E-state index in [-0.39, 0.29) is 34.3 Å². The van der Waals surface area contributed by atoms with E-state index in [4.69, 9.17) is 35.8 Å². The molecular weight excluding hydrogens is 570 g/mol. The zero-order chi connectivity index (χ0) is 28.4. The minimum absolute atomic E-state index is 0.0209. The fourth-order valence-electron chi connectivity index (χ4n) is 5.39. The van der Waals surface area contributed by atoms with Gasteiger partial charge in [0, 0.05) is 11.2 Å². The normalized spacial score (nSPS) is 35.4. The summed E-state index contributed by atoms with van der Waals surface area (Å²) >= 11 is 7.80. The van der Waals surface area contributed by atoms with Crippen LogP contribution >= 0.6 is 17.1 Å². The summed E-state index contributed by atoms with van der Waals surface area (Å²) in [6, 6.07) is 0. The topological polar surface area (TPSA) is 107 Å². The molecule has 2 aromatic heterocycles. The second-order valence-corrected chi connectivity index (χ2v) is 24.3. The van der Waals surface area contributed by atoms with Gasteiger partial charge in [0.2, 0.25) is 5.69 Å². The Balaban J connectivity index is 1.34. The first-order valence-corrected chi connectivity index (χ1v) is 20.6. The van der Waals surface area contributed by atoms with Gasteiger partial charge >= 0.3 is 0 Å². The third kappa shape index (κ3) is 5.77. The summed E-state index contributed by atoms with van der Waals surface area (Å²) in [5, 5.41) is 0.0562. The number of hydrogen-bond acceptors (Lipinski definition) is 10. The van der Waals surface area contributed by atoms with E-state index >= 15 is 0 Å². The molecule has 5 rings (SSSR count). The summed E-state index contributed by atoms with van der Waals surface area (Å²) in [6.45, 7) is 20.2. The molecule has 0 spiro atoms. The summed E-state index contributed by atoms with van der Waals surface area (Å²) in [5.74, 6) is 0.831. The average Bonchev–Trinajstić information content (AvgIpc) is 3.49. The van der Waals surface area contributed by atoms with E-state index in [0.29, 0.717) is 35.9 Å². The number of allylic oxidation sites excluding steroid dienone is 1. The molecule has 0 radical (unpaired) electrons. The van der Waals surface area contributed by atoms with Gasteiger partial charge in [-0.1, -0.05) is 44.3 Å². The Morgan fingerprint density at radius 2 is 2.08 bits per heavy atom. The van der Waals surface area contributed by atoms with Crippen LogP contribution in [0.15, 0.2) is 24.8 Å². The fourth-order valence-corrected chi connectivity index (χ4v) is 13.9. The minimum Gasteiger partial charge on any atom is -0.411 e. The van der Waals surface area contributed by atoms with Gasteiger partial charge in [-0.05, 0) is 69.0 Å². The van der Waals surface area contributed by atoms with Crippen LogP contribution in [0.2, 0.25) is 18.1 Å². The van der Waals surface area contributed by atoms with Crippen molar-refractivity contribution >= 4 is 54.2 Å². The van der Waals surface area contributed by atoms with Gasteiger partial charge in [0.1, 0.15) is 24.2 Å². The molecule has 1 aliphatic carbocycles. The Morgan fingerprint density at radius 1 is 1.33 bits per heavy atom. The quantitative estimate of drug-likeness (QED) is 0.209. The number of nitrogen functional groups attached to an aromatic ring is 1. The molecule has 3 fully saturated rings. The standard InChI is InChI=1S/C26H42N5O4PS2Si/c1-16(2)17-9-10-26(6)20(11-17)34-36(37,38-26)32-13-19-18(35-39(7,8)25(3,4)5)12-21(33-19)31-15-30-22-23(27)28-14-29-24(22)31/h14-15,17-21H,1,9-13H2,2-8H3,(H2,27,28,29)/t17-,18?,19+,20+,21+,26+,36+/m0/s1. The number of nitrogens with zero attached hydrogens (tertiary/aromatic N) is 4. The zero-order valence-corrected chi connectivity index (χ0v) is 27.6. The lowest BCUT2D eigenvalue weighted by Gasteiger charge is -2.39. The van der Waals surface area contributed by atoms with Gasteiger partial charge in [0.05, 0.1) is 25.1 Å².